The van der Waals surface area contributed by atoms with Gasteiger partial charge >= 0.3 is 0 Å². The Morgan fingerprint density at radius 2 is 1.74 bits per heavy atom. The first-order chi connectivity index (χ1) is 9.35. The summed E-state index contributed by atoms with van der Waals surface area (Å²) in [6, 6.07) is 17.2. The maximum Gasteiger partial charge on any atom is 0.146 e. The molecule has 0 aliphatic rings. The molecule has 0 fully saturated rings. The van der Waals surface area contributed by atoms with Gasteiger partial charge in [-0.1, -0.05) is 30.3 Å². The molecule has 0 saturated carbocycles. The van der Waals surface area contributed by atoms with Crippen LogP contribution >= 0.6 is 0 Å². The zero-order chi connectivity index (χ0) is 13.1. The van der Waals surface area contributed by atoms with E-state index in [4.69, 9.17) is 9.84 Å². The Labute approximate surface area is 111 Å². The van der Waals surface area contributed by atoms with Gasteiger partial charge in [0.05, 0.1) is 18.3 Å². The number of ether oxygens (including phenoxy) is 1. The van der Waals surface area contributed by atoms with Crippen LogP contribution in [0.5, 0.6) is 11.5 Å². The summed E-state index contributed by atoms with van der Waals surface area (Å²) in [4.78, 5) is 4.35. The second-order valence-electron chi connectivity index (χ2n) is 4.27. The number of pyridine rings is 1. The first kappa shape index (κ1) is 11.7. The third kappa shape index (κ3) is 2.56. The van der Waals surface area contributed by atoms with Crippen molar-refractivity contribution in [2.24, 2.45) is 0 Å². The molecule has 94 valence electrons. The third-order valence-corrected chi connectivity index (χ3v) is 2.91. The molecule has 0 saturated heterocycles. The van der Waals surface area contributed by atoms with Crippen LogP contribution < -0.4 is 4.74 Å². The number of aromatic nitrogens is 1. The quantitative estimate of drug-likeness (QED) is 0.774. The molecule has 0 unspecified atom stereocenters. The van der Waals surface area contributed by atoms with Gasteiger partial charge in [0, 0.05) is 5.39 Å². The fourth-order valence-electron chi connectivity index (χ4n) is 1.91. The number of para-hydroxylation sites is 1. The number of aliphatic hydroxyl groups is 1. The number of aliphatic hydroxyl groups excluding tert-OH is 1. The van der Waals surface area contributed by atoms with Gasteiger partial charge in [-0.25, -0.2) is 0 Å². The number of hydrogen-bond donors (Lipinski definition) is 1. The smallest absolute Gasteiger partial charge is 0.146 e. The van der Waals surface area contributed by atoms with Gasteiger partial charge in [-0.15, -0.1) is 0 Å². The highest BCUT2D eigenvalue weighted by Gasteiger charge is 2.00. The second kappa shape index (κ2) is 5.08. The lowest BCUT2D eigenvalue weighted by Gasteiger charge is -2.06. The normalized spacial score (nSPS) is 10.6. The van der Waals surface area contributed by atoms with Crippen LogP contribution in [0.25, 0.3) is 10.9 Å². The molecule has 0 atom stereocenters. The minimum Gasteiger partial charge on any atom is -0.456 e. The number of hydrogen-bond acceptors (Lipinski definition) is 3. The van der Waals surface area contributed by atoms with E-state index in [0.29, 0.717) is 5.75 Å². The first-order valence-corrected chi connectivity index (χ1v) is 6.07. The maximum absolute atomic E-state index is 8.99. The number of fused-ring (bicyclic) bond motifs is 1. The van der Waals surface area contributed by atoms with Crippen LogP contribution in [0.15, 0.2) is 60.8 Å². The SMILES string of the molecule is OCc1ccc(Oc2cnc3ccccc3c2)cc1. The average Bonchev–Trinajstić information content (AvgIpc) is 2.48. The van der Waals surface area contributed by atoms with Gasteiger partial charge in [-0.05, 0) is 29.8 Å². The molecule has 19 heavy (non-hydrogen) atoms. The Morgan fingerprint density at radius 3 is 2.53 bits per heavy atom. The van der Waals surface area contributed by atoms with Crippen molar-refractivity contribution >= 4 is 10.9 Å². The van der Waals surface area contributed by atoms with Gasteiger partial charge in [0.15, 0.2) is 0 Å². The maximum atomic E-state index is 8.99. The molecule has 3 heteroatoms. The van der Waals surface area contributed by atoms with Crippen LogP contribution in [0.1, 0.15) is 5.56 Å². The highest BCUT2D eigenvalue weighted by atomic mass is 16.5. The van der Waals surface area contributed by atoms with Crippen LogP contribution in [0.4, 0.5) is 0 Å². The fraction of sp³-hybridized carbons (Fsp3) is 0.0625. The van der Waals surface area contributed by atoms with Gasteiger partial charge in [-0.2, -0.15) is 0 Å². The lowest BCUT2D eigenvalue weighted by Crippen LogP contribution is -1.87. The van der Waals surface area contributed by atoms with Crippen molar-refractivity contribution in [3.63, 3.8) is 0 Å². The molecule has 0 aliphatic carbocycles. The highest BCUT2D eigenvalue weighted by Crippen LogP contribution is 2.24. The highest BCUT2D eigenvalue weighted by molar-refractivity contribution is 5.79. The number of benzene rings is 2. The van der Waals surface area contributed by atoms with Crippen molar-refractivity contribution < 1.29 is 9.84 Å². The predicted octanol–water partition coefficient (Wildman–Crippen LogP) is 3.52. The van der Waals surface area contributed by atoms with Crippen molar-refractivity contribution in [2.45, 2.75) is 6.61 Å². The molecule has 1 heterocycles. The van der Waals surface area contributed by atoms with Crippen LogP contribution in [-0.4, -0.2) is 10.1 Å². The van der Waals surface area contributed by atoms with E-state index in [2.05, 4.69) is 4.98 Å². The second-order valence-corrected chi connectivity index (χ2v) is 4.27. The first-order valence-electron chi connectivity index (χ1n) is 6.07. The monoisotopic (exact) mass is 251 g/mol. The lowest BCUT2D eigenvalue weighted by molar-refractivity contribution is 0.281. The largest absolute Gasteiger partial charge is 0.456 e. The zero-order valence-electron chi connectivity index (χ0n) is 10.3. The van der Waals surface area contributed by atoms with E-state index in [1.165, 1.54) is 0 Å². The van der Waals surface area contributed by atoms with Crippen LogP contribution in [0, 0.1) is 0 Å². The summed E-state index contributed by atoms with van der Waals surface area (Å²) in [5, 5.41) is 10.0. The van der Waals surface area contributed by atoms with E-state index in [9.17, 15) is 0 Å². The van der Waals surface area contributed by atoms with E-state index in [1.54, 1.807) is 6.20 Å². The van der Waals surface area contributed by atoms with Crippen molar-refractivity contribution in [1.29, 1.82) is 0 Å². The Morgan fingerprint density at radius 1 is 0.947 bits per heavy atom. The molecule has 0 radical (unpaired) electrons. The van der Waals surface area contributed by atoms with Gasteiger partial charge < -0.3 is 9.84 Å². The summed E-state index contributed by atoms with van der Waals surface area (Å²) >= 11 is 0. The predicted molar refractivity (Wildman–Crippen MR) is 74.2 cm³/mol. The van der Waals surface area contributed by atoms with E-state index in [1.807, 2.05) is 54.6 Å². The Hall–Kier alpha value is -2.39. The Kier molecular flexibility index (Phi) is 3.12. The molecular weight excluding hydrogens is 238 g/mol. The van der Waals surface area contributed by atoms with Crippen molar-refractivity contribution in [1.82, 2.24) is 4.98 Å². The number of nitrogens with zero attached hydrogens (tertiary/aromatic N) is 1. The van der Waals surface area contributed by atoms with Crippen LogP contribution in [0.3, 0.4) is 0 Å². The van der Waals surface area contributed by atoms with Gasteiger partial charge in [-0.3, -0.25) is 4.98 Å². The van der Waals surface area contributed by atoms with Crippen molar-refractivity contribution in [2.75, 3.05) is 0 Å². The summed E-state index contributed by atoms with van der Waals surface area (Å²) in [6.07, 6.45) is 1.71. The lowest BCUT2D eigenvalue weighted by atomic mass is 10.2. The molecule has 0 bridgehead atoms. The van der Waals surface area contributed by atoms with Crippen LogP contribution in [0.2, 0.25) is 0 Å². The molecule has 3 rings (SSSR count). The standard InChI is InChI=1S/C16H13NO2/c18-11-12-5-7-14(8-6-12)19-15-9-13-3-1-2-4-16(13)17-10-15/h1-10,18H,11H2. The summed E-state index contributed by atoms with van der Waals surface area (Å²) in [6.45, 7) is 0.0395. The average molecular weight is 251 g/mol. The summed E-state index contributed by atoms with van der Waals surface area (Å²) in [5.74, 6) is 1.43. The van der Waals surface area contributed by atoms with Crippen molar-refractivity contribution in [3.05, 3.63) is 66.4 Å². The molecular formula is C16H13NO2. The summed E-state index contributed by atoms with van der Waals surface area (Å²) < 4.78 is 5.74. The minimum absolute atomic E-state index is 0.0395. The van der Waals surface area contributed by atoms with Gasteiger partial charge in [0.25, 0.3) is 0 Å². The van der Waals surface area contributed by atoms with Gasteiger partial charge in [0.1, 0.15) is 11.5 Å². The molecule has 2 aromatic carbocycles. The van der Waals surface area contributed by atoms with E-state index < -0.39 is 0 Å². The molecule has 0 aliphatic heterocycles. The Balaban J connectivity index is 1.87. The fourth-order valence-corrected chi connectivity index (χ4v) is 1.91. The molecule has 3 nitrogen and oxygen atoms in total. The van der Waals surface area contributed by atoms with E-state index in [-0.39, 0.29) is 6.61 Å². The molecule has 0 spiro atoms. The zero-order valence-corrected chi connectivity index (χ0v) is 10.3. The molecule has 3 aromatic rings. The minimum atomic E-state index is 0.0395. The third-order valence-electron chi connectivity index (χ3n) is 2.91. The molecule has 1 aromatic heterocycles. The molecule has 1 N–H and O–H groups in total. The number of rotatable bonds is 3. The summed E-state index contributed by atoms with van der Waals surface area (Å²) in [5.41, 5.74) is 1.81. The van der Waals surface area contributed by atoms with E-state index in [0.717, 1.165) is 22.2 Å². The topological polar surface area (TPSA) is 42.4 Å². The van der Waals surface area contributed by atoms with Gasteiger partial charge in [0.2, 0.25) is 0 Å². The van der Waals surface area contributed by atoms with E-state index >= 15 is 0 Å². The Bertz CT molecular complexity index is 692. The van der Waals surface area contributed by atoms with Crippen LogP contribution in [-0.2, 0) is 6.61 Å². The molecule has 0 amide bonds. The van der Waals surface area contributed by atoms with Crippen molar-refractivity contribution in [3.8, 4) is 11.5 Å². The summed E-state index contributed by atoms with van der Waals surface area (Å²) in [7, 11) is 0.